The Kier molecular flexibility index (Phi) is 9.63. The second-order valence-corrected chi connectivity index (χ2v) is 9.64. The third-order valence-corrected chi connectivity index (χ3v) is 6.22. The van der Waals surface area contributed by atoms with E-state index in [2.05, 4.69) is 13.8 Å². The highest BCUT2D eigenvalue weighted by atomic mass is 35.5. The Bertz CT molecular complexity index is 948. The van der Waals surface area contributed by atoms with E-state index in [1.165, 1.54) is 0 Å². The summed E-state index contributed by atoms with van der Waals surface area (Å²) in [5.41, 5.74) is 0.552. The highest BCUT2D eigenvalue weighted by Crippen LogP contribution is 2.23. The van der Waals surface area contributed by atoms with Crippen LogP contribution in [0.4, 0.5) is 0 Å². The van der Waals surface area contributed by atoms with Crippen LogP contribution in [-0.2, 0) is 4.79 Å². The maximum absolute atomic E-state index is 13.3. The maximum atomic E-state index is 13.3. The first kappa shape index (κ1) is 25.9. The summed E-state index contributed by atoms with van der Waals surface area (Å²) in [7, 11) is 1.82. The Morgan fingerprint density at radius 1 is 1.09 bits per heavy atom. The van der Waals surface area contributed by atoms with Gasteiger partial charge in [-0.1, -0.05) is 37.6 Å². The lowest BCUT2D eigenvalue weighted by Gasteiger charge is -2.33. The lowest BCUT2D eigenvalue weighted by Crippen LogP contribution is -2.47. The van der Waals surface area contributed by atoms with Crippen LogP contribution in [0.15, 0.2) is 48.5 Å². The summed E-state index contributed by atoms with van der Waals surface area (Å²) in [5.74, 6) is 1.42. The van der Waals surface area contributed by atoms with E-state index in [0.29, 0.717) is 47.7 Å². The van der Waals surface area contributed by atoms with Gasteiger partial charge < -0.3 is 19.3 Å². The fraction of sp³-hybridized carbons (Fsp3) is 0.481. The van der Waals surface area contributed by atoms with Crippen LogP contribution < -0.4 is 9.47 Å². The highest BCUT2D eigenvalue weighted by molar-refractivity contribution is 6.30. The number of hydrogen-bond donors (Lipinski definition) is 0. The second-order valence-electron chi connectivity index (χ2n) is 9.21. The van der Waals surface area contributed by atoms with Gasteiger partial charge in [-0.3, -0.25) is 9.59 Å². The second kappa shape index (κ2) is 12.7. The number of benzene rings is 2. The minimum atomic E-state index is -0.122. The van der Waals surface area contributed by atoms with Gasteiger partial charge in [0.2, 0.25) is 0 Å². The van der Waals surface area contributed by atoms with E-state index in [1.807, 2.05) is 30.1 Å². The van der Waals surface area contributed by atoms with Gasteiger partial charge in [-0.25, -0.2) is 0 Å². The number of carbonyl (C=O) groups excluding carboxylic acids is 2. The van der Waals surface area contributed by atoms with E-state index < -0.39 is 0 Å². The summed E-state index contributed by atoms with van der Waals surface area (Å²) in [5, 5.41) is 0.621. The molecule has 0 bridgehead atoms. The molecule has 7 heteroatoms. The zero-order chi connectivity index (χ0) is 24.5. The number of para-hydroxylation sites is 1. The van der Waals surface area contributed by atoms with E-state index in [-0.39, 0.29) is 24.5 Å². The summed E-state index contributed by atoms with van der Waals surface area (Å²) >= 11 is 5.95. The summed E-state index contributed by atoms with van der Waals surface area (Å²) in [6.45, 7) is 5.84. The molecule has 2 amide bonds. The lowest BCUT2D eigenvalue weighted by molar-refractivity contribution is -0.137. The van der Waals surface area contributed by atoms with E-state index >= 15 is 0 Å². The largest absolute Gasteiger partial charge is 0.491 e. The van der Waals surface area contributed by atoms with Gasteiger partial charge in [0.05, 0.1) is 11.6 Å². The van der Waals surface area contributed by atoms with Gasteiger partial charge in [-0.2, -0.15) is 0 Å². The molecule has 1 heterocycles. The van der Waals surface area contributed by atoms with Gasteiger partial charge in [0.25, 0.3) is 11.8 Å². The molecule has 2 aromatic carbocycles. The summed E-state index contributed by atoms with van der Waals surface area (Å²) < 4.78 is 12.0. The van der Waals surface area contributed by atoms with Crippen LogP contribution >= 0.6 is 11.6 Å². The smallest absolute Gasteiger partial charge is 0.260 e. The molecule has 34 heavy (non-hydrogen) atoms. The Labute approximate surface area is 207 Å². The number of hydrogen-bond acceptors (Lipinski definition) is 4. The molecule has 0 spiro atoms. The van der Waals surface area contributed by atoms with E-state index in [1.54, 1.807) is 35.2 Å². The summed E-state index contributed by atoms with van der Waals surface area (Å²) in [4.78, 5) is 29.9. The van der Waals surface area contributed by atoms with Gasteiger partial charge in [0.1, 0.15) is 18.1 Å². The van der Waals surface area contributed by atoms with Crippen LogP contribution in [0.3, 0.4) is 0 Å². The SMILES string of the molecule is CC(C)C[C@H]1COc2ccccc2C(=O)N(C)CCCCCN1C(=O)COc1ccc(Cl)cc1. The minimum absolute atomic E-state index is 0.0421. The molecule has 0 radical (unpaired) electrons. The Morgan fingerprint density at radius 2 is 1.79 bits per heavy atom. The van der Waals surface area contributed by atoms with Gasteiger partial charge in [0, 0.05) is 25.2 Å². The van der Waals surface area contributed by atoms with Crippen molar-refractivity contribution in [2.45, 2.75) is 45.6 Å². The van der Waals surface area contributed by atoms with Crippen LogP contribution in [0.2, 0.25) is 5.02 Å². The van der Waals surface area contributed by atoms with Crippen molar-refractivity contribution >= 4 is 23.4 Å². The molecule has 3 rings (SSSR count). The highest BCUT2D eigenvalue weighted by Gasteiger charge is 2.27. The predicted octanol–water partition coefficient (Wildman–Crippen LogP) is 5.30. The van der Waals surface area contributed by atoms with Crippen molar-refractivity contribution < 1.29 is 19.1 Å². The zero-order valence-electron chi connectivity index (χ0n) is 20.3. The van der Waals surface area contributed by atoms with Crippen molar-refractivity contribution in [3.8, 4) is 11.5 Å². The standard InChI is InChI=1S/C27H35ClN2O4/c1-20(2)17-22-18-34-25-10-6-5-9-24(25)27(32)29(3)15-7-4-8-16-30(22)26(31)19-33-23-13-11-21(28)12-14-23/h5-6,9-14,20,22H,4,7-8,15-19H2,1-3H3/t22-/m0/s1. The number of carbonyl (C=O) groups is 2. The van der Waals surface area contributed by atoms with Crippen molar-refractivity contribution in [2.24, 2.45) is 5.92 Å². The number of rotatable bonds is 5. The van der Waals surface area contributed by atoms with Crippen LogP contribution in [0.5, 0.6) is 11.5 Å². The van der Waals surface area contributed by atoms with Crippen LogP contribution in [0.1, 0.15) is 49.9 Å². The molecule has 2 aromatic rings. The van der Waals surface area contributed by atoms with Crippen LogP contribution in [0, 0.1) is 5.92 Å². The fourth-order valence-electron chi connectivity index (χ4n) is 4.17. The molecule has 1 aliphatic heterocycles. The topological polar surface area (TPSA) is 59.1 Å². The Hall–Kier alpha value is -2.73. The molecular formula is C27H35ClN2O4. The van der Waals surface area contributed by atoms with Gasteiger partial charge >= 0.3 is 0 Å². The van der Waals surface area contributed by atoms with E-state index in [4.69, 9.17) is 21.1 Å². The average molecular weight is 487 g/mol. The first-order valence-electron chi connectivity index (χ1n) is 12.0. The molecule has 0 saturated heterocycles. The maximum Gasteiger partial charge on any atom is 0.260 e. The number of ether oxygens (including phenoxy) is 2. The number of nitrogens with zero attached hydrogens (tertiary/aromatic N) is 2. The lowest BCUT2D eigenvalue weighted by atomic mass is 10.0. The number of halogens is 1. The Balaban J connectivity index is 1.80. The minimum Gasteiger partial charge on any atom is -0.491 e. The van der Waals surface area contributed by atoms with Gasteiger partial charge in [-0.05, 0) is 68.0 Å². The fourth-order valence-corrected chi connectivity index (χ4v) is 4.30. The molecule has 6 nitrogen and oxygen atoms in total. The quantitative estimate of drug-likeness (QED) is 0.575. The molecule has 1 atom stereocenters. The third kappa shape index (κ3) is 7.39. The summed E-state index contributed by atoms with van der Waals surface area (Å²) in [6, 6.07) is 14.2. The average Bonchev–Trinajstić information content (AvgIpc) is 2.83. The molecule has 184 valence electrons. The first-order chi connectivity index (χ1) is 16.3. The number of amides is 2. The predicted molar refractivity (Wildman–Crippen MR) is 135 cm³/mol. The molecule has 0 aromatic heterocycles. The number of fused-ring (bicyclic) bond motifs is 1. The molecule has 0 saturated carbocycles. The zero-order valence-corrected chi connectivity index (χ0v) is 21.1. The first-order valence-corrected chi connectivity index (χ1v) is 12.4. The van der Waals surface area contributed by atoms with Crippen molar-refractivity contribution in [2.75, 3.05) is 33.4 Å². The molecule has 1 aliphatic rings. The van der Waals surface area contributed by atoms with Crippen LogP contribution in [-0.4, -0.2) is 61.0 Å². The van der Waals surface area contributed by atoms with E-state index in [9.17, 15) is 9.59 Å². The molecule has 0 aliphatic carbocycles. The van der Waals surface area contributed by atoms with Crippen molar-refractivity contribution in [3.05, 3.63) is 59.1 Å². The van der Waals surface area contributed by atoms with Crippen molar-refractivity contribution in [1.82, 2.24) is 9.80 Å². The molecule has 0 unspecified atom stereocenters. The molecular weight excluding hydrogens is 452 g/mol. The normalized spacial score (nSPS) is 17.8. The van der Waals surface area contributed by atoms with Gasteiger partial charge in [-0.15, -0.1) is 0 Å². The summed E-state index contributed by atoms with van der Waals surface area (Å²) in [6.07, 6.45) is 3.46. The van der Waals surface area contributed by atoms with Gasteiger partial charge in [0.15, 0.2) is 6.61 Å². The van der Waals surface area contributed by atoms with E-state index in [0.717, 1.165) is 25.7 Å². The van der Waals surface area contributed by atoms with Crippen LogP contribution in [0.25, 0.3) is 0 Å². The third-order valence-electron chi connectivity index (χ3n) is 5.97. The van der Waals surface area contributed by atoms with Crippen molar-refractivity contribution in [1.29, 1.82) is 0 Å². The Morgan fingerprint density at radius 3 is 2.53 bits per heavy atom. The monoisotopic (exact) mass is 486 g/mol. The van der Waals surface area contributed by atoms with Crippen molar-refractivity contribution in [3.63, 3.8) is 0 Å². The molecule has 0 fully saturated rings. The molecule has 0 N–H and O–H groups in total.